The van der Waals surface area contributed by atoms with Gasteiger partial charge in [0.2, 0.25) is 0 Å². The minimum atomic E-state index is 0.0257. The van der Waals surface area contributed by atoms with E-state index in [1.165, 1.54) is 12.8 Å². The molecular formula is C20H26N4O2. The number of anilines is 1. The van der Waals surface area contributed by atoms with Crippen molar-refractivity contribution in [3.05, 3.63) is 51.9 Å². The van der Waals surface area contributed by atoms with Crippen molar-refractivity contribution in [1.29, 1.82) is 0 Å². The van der Waals surface area contributed by atoms with Crippen LogP contribution in [-0.2, 0) is 19.5 Å². The monoisotopic (exact) mass is 354 g/mol. The van der Waals surface area contributed by atoms with Crippen LogP contribution in [0.5, 0.6) is 5.75 Å². The van der Waals surface area contributed by atoms with Crippen LogP contribution in [-0.4, -0.2) is 48.0 Å². The molecule has 0 amide bonds. The fourth-order valence-corrected chi connectivity index (χ4v) is 3.91. The molecule has 1 aromatic heterocycles. The number of benzene rings is 1. The molecule has 0 N–H and O–H groups in total. The third-order valence-electron chi connectivity index (χ3n) is 5.41. The van der Waals surface area contributed by atoms with Gasteiger partial charge in [0, 0.05) is 32.2 Å². The lowest BCUT2D eigenvalue weighted by molar-refractivity contribution is 0.190. The molecule has 1 aromatic carbocycles. The number of fused-ring (bicyclic) bond motifs is 1. The van der Waals surface area contributed by atoms with E-state index >= 15 is 0 Å². The Labute approximate surface area is 154 Å². The second-order valence-corrected chi connectivity index (χ2v) is 7.08. The van der Waals surface area contributed by atoms with Gasteiger partial charge in [-0.25, -0.2) is 4.68 Å². The number of hydrogen-bond donors (Lipinski definition) is 0. The Kier molecular flexibility index (Phi) is 4.93. The molecular weight excluding hydrogens is 328 g/mol. The minimum absolute atomic E-state index is 0.0257. The topological polar surface area (TPSA) is 50.6 Å². The van der Waals surface area contributed by atoms with E-state index in [-0.39, 0.29) is 5.56 Å². The third kappa shape index (κ3) is 3.46. The first kappa shape index (κ1) is 17.1. The molecule has 6 heteroatoms. The zero-order chi connectivity index (χ0) is 17.9. The molecule has 0 spiro atoms. The van der Waals surface area contributed by atoms with Crippen molar-refractivity contribution in [2.45, 2.75) is 32.4 Å². The van der Waals surface area contributed by atoms with E-state index in [4.69, 9.17) is 4.74 Å². The van der Waals surface area contributed by atoms with E-state index in [9.17, 15) is 4.79 Å². The highest BCUT2D eigenvalue weighted by Gasteiger charge is 2.21. The summed E-state index contributed by atoms with van der Waals surface area (Å²) >= 11 is 0. The Morgan fingerprint density at radius 2 is 1.85 bits per heavy atom. The molecule has 1 saturated heterocycles. The van der Waals surface area contributed by atoms with Gasteiger partial charge in [-0.1, -0.05) is 12.1 Å². The van der Waals surface area contributed by atoms with Crippen molar-refractivity contribution >= 4 is 5.69 Å². The van der Waals surface area contributed by atoms with Gasteiger partial charge >= 0.3 is 0 Å². The fraction of sp³-hybridized carbons (Fsp3) is 0.500. The quantitative estimate of drug-likeness (QED) is 0.840. The number of aryl methyl sites for hydroxylation is 2. The number of ether oxygens (including phenoxy) is 1. The van der Waals surface area contributed by atoms with Gasteiger partial charge in [-0.3, -0.25) is 9.69 Å². The Hall–Kier alpha value is -2.34. The van der Waals surface area contributed by atoms with Crippen LogP contribution in [0.15, 0.2) is 35.1 Å². The van der Waals surface area contributed by atoms with Crippen molar-refractivity contribution in [3.8, 4) is 5.75 Å². The predicted molar refractivity (Wildman–Crippen MR) is 102 cm³/mol. The molecule has 6 nitrogen and oxygen atoms in total. The highest BCUT2D eigenvalue weighted by Crippen LogP contribution is 2.28. The van der Waals surface area contributed by atoms with Gasteiger partial charge in [-0.05, 0) is 43.4 Å². The van der Waals surface area contributed by atoms with E-state index in [0.717, 1.165) is 61.7 Å². The largest absolute Gasteiger partial charge is 0.495 e. The first-order chi connectivity index (χ1) is 12.7. The maximum Gasteiger partial charge on any atom is 0.268 e. The number of methoxy groups -OCH3 is 1. The Morgan fingerprint density at radius 3 is 2.65 bits per heavy atom. The summed E-state index contributed by atoms with van der Waals surface area (Å²) in [6, 6.07) is 9.93. The summed E-state index contributed by atoms with van der Waals surface area (Å²) in [6.07, 6.45) is 4.34. The van der Waals surface area contributed by atoms with Gasteiger partial charge in [-0.2, -0.15) is 5.10 Å². The van der Waals surface area contributed by atoms with Crippen molar-refractivity contribution < 1.29 is 4.74 Å². The smallest absolute Gasteiger partial charge is 0.268 e. The first-order valence-electron chi connectivity index (χ1n) is 9.45. The average molecular weight is 354 g/mol. The molecule has 0 atom stereocenters. The summed E-state index contributed by atoms with van der Waals surface area (Å²) in [5.74, 6) is 0.911. The Balaban J connectivity index is 1.42. The summed E-state index contributed by atoms with van der Waals surface area (Å²) < 4.78 is 7.12. The van der Waals surface area contributed by atoms with Crippen LogP contribution in [0, 0.1) is 0 Å². The molecule has 4 rings (SSSR count). The number of rotatable bonds is 4. The lowest BCUT2D eigenvalue weighted by Gasteiger charge is -2.36. The van der Waals surface area contributed by atoms with Gasteiger partial charge in [0.25, 0.3) is 5.56 Å². The second kappa shape index (κ2) is 7.50. The van der Waals surface area contributed by atoms with Gasteiger partial charge in [0.05, 0.1) is 25.2 Å². The molecule has 1 fully saturated rings. The number of piperazine rings is 1. The molecule has 2 aliphatic rings. The molecule has 1 aliphatic carbocycles. The molecule has 26 heavy (non-hydrogen) atoms. The van der Waals surface area contributed by atoms with Crippen LogP contribution in [0.4, 0.5) is 5.69 Å². The molecule has 0 saturated carbocycles. The standard InChI is InChI=1S/C20H26N4O2/c1-26-19-9-5-4-8-18(19)23-12-10-22(11-13-23)15-24-20(25)14-16-6-2-3-7-17(16)21-24/h4-5,8-9,14H,2-3,6-7,10-13,15H2,1H3. The van der Waals surface area contributed by atoms with Gasteiger partial charge < -0.3 is 9.64 Å². The zero-order valence-corrected chi connectivity index (χ0v) is 15.4. The van der Waals surface area contributed by atoms with Crippen molar-refractivity contribution in [3.63, 3.8) is 0 Å². The number of para-hydroxylation sites is 2. The average Bonchev–Trinajstić information content (AvgIpc) is 2.69. The molecule has 0 radical (unpaired) electrons. The van der Waals surface area contributed by atoms with Crippen LogP contribution in [0.3, 0.4) is 0 Å². The van der Waals surface area contributed by atoms with Crippen LogP contribution in [0.2, 0.25) is 0 Å². The van der Waals surface area contributed by atoms with Gasteiger partial charge in [0.1, 0.15) is 5.75 Å². The maximum absolute atomic E-state index is 12.4. The van der Waals surface area contributed by atoms with E-state index in [0.29, 0.717) is 6.67 Å². The van der Waals surface area contributed by atoms with Crippen molar-refractivity contribution in [2.24, 2.45) is 0 Å². The highest BCUT2D eigenvalue weighted by molar-refractivity contribution is 5.58. The van der Waals surface area contributed by atoms with Gasteiger partial charge in [0.15, 0.2) is 0 Å². The van der Waals surface area contributed by atoms with Crippen LogP contribution in [0.25, 0.3) is 0 Å². The van der Waals surface area contributed by atoms with E-state index in [1.54, 1.807) is 17.9 Å². The third-order valence-corrected chi connectivity index (χ3v) is 5.41. The zero-order valence-electron chi connectivity index (χ0n) is 15.4. The lowest BCUT2D eigenvalue weighted by atomic mass is 9.97. The number of aromatic nitrogens is 2. The lowest BCUT2D eigenvalue weighted by Crippen LogP contribution is -2.48. The fourth-order valence-electron chi connectivity index (χ4n) is 3.91. The van der Waals surface area contributed by atoms with E-state index < -0.39 is 0 Å². The van der Waals surface area contributed by atoms with Crippen LogP contribution in [0.1, 0.15) is 24.1 Å². The summed E-state index contributed by atoms with van der Waals surface area (Å²) in [5.41, 5.74) is 3.43. The second-order valence-electron chi connectivity index (χ2n) is 7.08. The number of hydrogen-bond acceptors (Lipinski definition) is 5. The summed E-state index contributed by atoms with van der Waals surface area (Å²) in [5, 5.41) is 4.64. The Bertz CT molecular complexity index is 825. The van der Waals surface area contributed by atoms with E-state index in [2.05, 4.69) is 21.0 Å². The minimum Gasteiger partial charge on any atom is -0.495 e. The molecule has 0 unspecified atom stereocenters. The first-order valence-corrected chi connectivity index (χ1v) is 9.45. The number of nitrogens with zero attached hydrogens (tertiary/aromatic N) is 4. The Morgan fingerprint density at radius 1 is 1.08 bits per heavy atom. The SMILES string of the molecule is COc1ccccc1N1CCN(Cn2nc3c(cc2=O)CCCC3)CC1. The van der Waals surface area contributed by atoms with Crippen molar-refractivity contribution in [1.82, 2.24) is 14.7 Å². The normalized spacial score (nSPS) is 17.8. The van der Waals surface area contributed by atoms with Crippen molar-refractivity contribution in [2.75, 3.05) is 38.2 Å². The molecule has 138 valence electrons. The molecule has 2 heterocycles. The van der Waals surface area contributed by atoms with E-state index in [1.807, 2.05) is 18.2 Å². The highest BCUT2D eigenvalue weighted by atomic mass is 16.5. The van der Waals surface area contributed by atoms with Gasteiger partial charge in [-0.15, -0.1) is 0 Å². The maximum atomic E-state index is 12.4. The van der Waals surface area contributed by atoms with Crippen LogP contribution >= 0.6 is 0 Å². The predicted octanol–water partition coefficient (Wildman–Crippen LogP) is 1.91. The van der Waals surface area contributed by atoms with Crippen LogP contribution < -0.4 is 15.2 Å². The summed E-state index contributed by atoms with van der Waals surface area (Å²) in [4.78, 5) is 17.0. The molecule has 2 aromatic rings. The summed E-state index contributed by atoms with van der Waals surface area (Å²) in [6.45, 7) is 4.22. The summed E-state index contributed by atoms with van der Waals surface area (Å²) in [7, 11) is 1.71. The molecule has 0 bridgehead atoms. The molecule has 1 aliphatic heterocycles.